The van der Waals surface area contributed by atoms with Crippen molar-refractivity contribution in [2.75, 3.05) is 6.54 Å². The summed E-state index contributed by atoms with van der Waals surface area (Å²) >= 11 is 0. The van der Waals surface area contributed by atoms with Gasteiger partial charge in [-0.05, 0) is 25.3 Å². The smallest absolute Gasteiger partial charge is 0.329 e. The monoisotopic (exact) mass is 278 g/mol. The molecule has 1 aliphatic heterocycles. The summed E-state index contributed by atoms with van der Waals surface area (Å²) < 4.78 is 1.37. The maximum Gasteiger partial charge on any atom is 0.329 e. The number of carboxylic acids is 1. The van der Waals surface area contributed by atoms with E-state index in [2.05, 4.69) is 0 Å². The molecule has 2 heterocycles. The second-order valence-corrected chi connectivity index (χ2v) is 5.12. The van der Waals surface area contributed by atoms with E-state index in [1.807, 2.05) is 0 Å². The van der Waals surface area contributed by atoms with Crippen LogP contribution in [0, 0.1) is 0 Å². The highest BCUT2D eigenvalue weighted by molar-refractivity contribution is 5.98. The molecule has 1 fully saturated rings. The molecule has 1 saturated heterocycles. The van der Waals surface area contributed by atoms with Crippen molar-refractivity contribution in [3.05, 3.63) is 34.2 Å². The molecule has 1 unspecified atom stereocenters. The number of carboxylic acid groups (broad SMARTS) is 1. The SMILES string of the molecule is CCC1(C(=O)O)CCCN1C(=O)c1ccn(C)c(=O)c1. The first-order valence-corrected chi connectivity index (χ1v) is 6.64. The Morgan fingerprint density at radius 3 is 2.70 bits per heavy atom. The molecular formula is C14H18N2O4. The lowest BCUT2D eigenvalue weighted by Gasteiger charge is -2.33. The molecule has 2 rings (SSSR count). The minimum absolute atomic E-state index is 0.245. The number of carbonyl (C=O) groups is 2. The fraction of sp³-hybridized carbons (Fsp3) is 0.500. The van der Waals surface area contributed by atoms with Gasteiger partial charge in [-0.3, -0.25) is 9.59 Å². The fourth-order valence-electron chi connectivity index (χ4n) is 2.75. The quantitative estimate of drug-likeness (QED) is 0.889. The first-order chi connectivity index (χ1) is 9.42. The van der Waals surface area contributed by atoms with E-state index in [0.717, 1.165) is 0 Å². The second-order valence-electron chi connectivity index (χ2n) is 5.12. The summed E-state index contributed by atoms with van der Waals surface area (Å²) in [4.78, 5) is 37.1. The van der Waals surface area contributed by atoms with Crippen LogP contribution in [0.2, 0.25) is 0 Å². The highest BCUT2D eigenvalue weighted by Crippen LogP contribution is 2.33. The highest BCUT2D eigenvalue weighted by Gasteiger charge is 2.48. The standard InChI is InChI=1S/C14H18N2O4/c1-3-14(13(19)20)6-4-7-16(14)12(18)10-5-8-15(2)11(17)9-10/h5,8-9H,3-4,6-7H2,1-2H3,(H,19,20). The number of amides is 1. The predicted octanol–water partition coefficient (Wildman–Crippen LogP) is 0.855. The Kier molecular flexibility index (Phi) is 3.65. The number of pyridine rings is 1. The Labute approximate surface area is 116 Å². The van der Waals surface area contributed by atoms with Crippen LogP contribution in [0.25, 0.3) is 0 Å². The average molecular weight is 278 g/mol. The third-order valence-corrected chi connectivity index (χ3v) is 4.07. The molecule has 0 radical (unpaired) electrons. The summed E-state index contributed by atoms with van der Waals surface area (Å²) in [5.41, 5.74) is -1.18. The van der Waals surface area contributed by atoms with Crippen molar-refractivity contribution in [3.63, 3.8) is 0 Å². The van der Waals surface area contributed by atoms with Crippen LogP contribution in [0.15, 0.2) is 23.1 Å². The summed E-state index contributed by atoms with van der Waals surface area (Å²) in [7, 11) is 1.60. The number of carbonyl (C=O) groups excluding carboxylic acids is 1. The van der Waals surface area contributed by atoms with Crippen molar-refractivity contribution < 1.29 is 14.7 Å². The van der Waals surface area contributed by atoms with Gasteiger partial charge < -0.3 is 14.6 Å². The molecule has 1 amide bonds. The van der Waals surface area contributed by atoms with E-state index in [9.17, 15) is 19.5 Å². The summed E-state index contributed by atoms with van der Waals surface area (Å²) in [6.45, 7) is 2.18. The first-order valence-electron chi connectivity index (χ1n) is 6.64. The van der Waals surface area contributed by atoms with E-state index in [0.29, 0.717) is 25.8 Å². The molecule has 0 aliphatic carbocycles. The number of likely N-dealkylation sites (tertiary alicyclic amines) is 1. The fourth-order valence-corrected chi connectivity index (χ4v) is 2.75. The van der Waals surface area contributed by atoms with Gasteiger partial charge in [0.05, 0.1) is 0 Å². The Balaban J connectivity index is 2.39. The minimum Gasteiger partial charge on any atom is -0.479 e. The lowest BCUT2D eigenvalue weighted by atomic mass is 9.92. The van der Waals surface area contributed by atoms with E-state index in [4.69, 9.17) is 0 Å². The van der Waals surface area contributed by atoms with E-state index in [1.165, 1.54) is 21.7 Å². The number of hydrogen-bond acceptors (Lipinski definition) is 3. The molecule has 1 atom stereocenters. The van der Waals surface area contributed by atoms with Gasteiger partial charge in [0.15, 0.2) is 0 Å². The molecule has 20 heavy (non-hydrogen) atoms. The van der Waals surface area contributed by atoms with Crippen LogP contribution in [-0.4, -0.2) is 38.5 Å². The molecular weight excluding hydrogens is 260 g/mol. The van der Waals surface area contributed by atoms with Crippen LogP contribution in [0.3, 0.4) is 0 Å². The Hall–Kier alpha value is -2.11. The van der Waals surface area contributed by atoms with Crippen molar-refractivity contribution in [2.24, 2.45) is 7.05 Å². The minimum atomic E-state index is -1.14. The topological polar surface area (TPSA) is 79.6 Å². The Morgan fingerprint density at radius 1 is 1.45 bits per heavy atom. The molecule has 6 nitrogen and oxygen atoms in total. The number of hydrogen-bond donors (Lipinski definition) is 1. The van der Waals surface area contributed by atoms with Gasteiger partial charge in [-0.25, -0.2) is 4.79 Å². The first kappa shape index (κ1) is 14.3. The lowest BCUT2D eigenvalue weighted by Crippen LogP contribution is -2.52. The maximum atomic E-state index is 12.5. The van der Waals surface area contributed by atoms with Crippen LogP contribution in [-0.2, 0) is 11.8 Å². The van der Waals surface area contributed by atoms with Gasteiger partial charge in [-0.1, -0.05) is 6.92 Å². The van der Waals surface area contributed by atoms with Gasteiger partial charge in [0.25, 0.3) is 11.5 Å². The number of nitrogens with zero attached hydrogens (tertiary/aromatic N) is 2. The number of aryl methyl sites for hydroxylation is 1. The Morgan fingerprint density at radius 2 is 2.15 bits per heavy atom. The largest absolute Gasteiger partial charge is 0.479 e. The molecule has 108 valence electrons. The zero-order valence-electron chi connectivity index (χ0n) is 11.6. The van der Waals surface area contributed by atoms with Gasteiger partial charge in [0.2, 0.25) is 0 Å². The zero-order valence-corrected chi connectivity index (χ0v) is 11.6. The van der Waals surface area contributed by atoms with E-state index < -0.39 is 11.5 Å². The van der Waals surface area contributed by atoms with Gasteiger partial charge in [0, 0.05) is 31.4 Å². The summed E-state index contributed by atoms with van der Waals surface area (Å²) in [5, 5.41) is 9.47. The molecule has 1 N–H and O–H groups in total. The molecule has 0 spiro atoms. The molecule has 0 aromatic carbocycles. The van der Waals surface area contributed by atoms with E-state index in [1.54, 1.807) is 20.0 Å². The van der Waals surface area contributed by atoms with Gasteiger partial charge >= 0.3 is 5.97 Å². The molecule has 1 aromatic heterocycles. The predicted molar refractivity (Wildman–Crippen MR) is 72.6 cm³/mol. The Bertz CT molecular complexity index is 607. The number of aliphatic carboxylic acids is 1. The van der Waals surface area contributed by atoms with Crippen LogP contribution in [0.4, 0.5) is 0 Å². The van der Waals surface area contributed by atoms with Crippen molar-refractivity contribution in [1.82, 2.24) is 9.47 Å². The van der Waals surface area contributed by atoms with Crippen molar-refractivity contribution in [3.8, 4) is 0 Å². The average Bonchev–Trinajstić information content (AvgIpc) is 2.86. The molecule has 0 bridgehead atoms. The molecule has 0 saturated carbocycles. The van der Waals surface area contributed by atoms with E-state index in [-0.39, 0.29) is 17.0 Å². The molecule has 6 heteroatoms. The summed E-state index contributed by atoms with van der Waals surface area (Å²) in [6, 6.07) is 2.80. The van der Waals surface area contributed by atoms with Crippen LogP contribution in [0.5, 0.6) is 0 Å². The van der Waals surface area contributed by atoms with Crippen molar-refractivity contribution in [1.29, 1.82) is 0 Å². The van der Waals surface area contributed by atoms with Crippen LogP contribution in [0.1, 0.15) is 36.5 Å². The number of aromatic nitrogens is 1. The van der Waals surface area contributed by atoms with Crippen LogP contribution < -0.4 is 5.56 Å². The highest BCUT2D eigenvalue weighted by atomic mass is 16.4. The lowest BCUT2D eigenvalue weighted by molar-refractivity contribution is -0.148. The van der Waals surface area contributed by atoms with Crippen LogP contribution >= 0.6 is 0 Å². The number of rotatable bonds is 3. The zero-order chi connectivity index (χ0) is 14.9. The molecule has 1 aromatic rings. The second kappa shape index (κ2) is 5.11. The third-order valence-electron chi connectivity index (χ3n) is 4.07. The van der Waals surface area contributed by atoms with E-state index >= 15 is 0 Å². The van der Waals surface area contributed by atoms with Gasteiger partial charge in [-0.2, -0.15) is 0 Å². The summed E-state index contributed by atoms with van der Waals surface area (Å²) in [6.07, 6.45) is 2.99. The maximum absolute atomic E-state index is 12.5. The van der Waals surface area contributed by atoms with Gasteiger partial charge in [-0.15, -0.1) is 0 Å². The summed E-state index contributed by atoms with van der Waals surface area (Å²) in [5.74, 6) is -1.36. The molecule has 1 aliphatic rings. The van der Waals surface area contributed by atoms with Crippen molar-refractivity contribution in [2.45, 2.75) is 31.7 Å². The van der Waals surface area contributed by atoms with Crippen molar-refractivity contribution >= 4 is 11.9 Å². The van der Waals surface area contributed by atoms with Gasteiger partial charge in [0.1, 0.15) is 5.54 Å². The third kappa shape index (κ3) is 2.11. The normalized spacial score (nSPS) is 22.0.